The Hall–Kier alpha value is -1.02. The number of rotatable bonds is 7. The number of ether oxygens (including phenoxy) is 1. The van der Waals surface area contributed by atoms with Crippen molar-refractivity contribution in [3.63, 3.8) is 0 Å². The van der Waals surface area contributed by atoms with Crippen molar-refractivity contribution in [3.8, 4) is 5.75 Å². The Bertz CT molecular complexity index is 307. The molecule has 1 aromatic rings. The predicted molar refractivity (Wildman–Crippen MR) is 73.4 cm³/mol. The molecule has 17 heavy (non-hydrogen) atoms. The van der Waals surface area contributed by atoms with Crippen molar-refractivity contribution in [2.24, 2.45) is 0 Å². The topological polar surface area (TPSA) is 21.3 Å². The molecule has 0 heterocycles. The van der Waals surface area contributed by atoms with Gasteiger partial charge in [0.1, 0.15) is 5.75 Å². The van der Waals surface area contributed by atoms with Gasteiger partial charge in [0.2, 0.25) is 0 Å². The molecular formula is C15H25NO. The zero-order valence-electron chi connectivity index (χ0n) is 11.5. The first kappa shape index (κ1) is 14.0. The van der Waals surface area contributed by atoms with Crippen molar-refractivity contribution in [2.45, 2.75) is 59.2 Å². The van der Waals surface area contributed by atoms with Gasteiger partial charge >= 0.3 is 0 Å². The highest BCUT2D eigenvalue weighted by Gasteiger charge is 2.02. The van der Waals surface area contributed by atoms with Crippen molar-refractivity contribution in [1.29, 1.82) is 0 Å². The fourth-order valence-corrected chi connectivity index (χ4v) is 1.44. The molecule has 0 saturated carbocycles. The van der Waals surface area contributed by atoms with Crippen LogP contribution in [0.2, 0.25) is 0 Å². The first-order valence-corrected chi connectivity index (χ1v) is 6.64. The second-order valence-electron chi connectivity index (χ2n) is 4.67. The Kier molecular flexibility index (Phi) is 6.06. The van der Waals surface area contributed by atoms with Crippen LogP contribution in [0.1, 0.15) is 46.1 Å². The number of nitrogens with one attached hydrogen (secondary N) is 1. The summed E-state index contributed by atoms with van der Waals surface area (Å²) in [5, 5.41) is 3.48. The molecule has 2 heteroatoms. The minimum Gasteiger partial charge on any atom is -0.491 e. The zero-order chi connectivity index (χ0) is 12.7. The lowest BCUT2D eigenvalue weighted by Gasteiger charge is -2.14. The van der Waals surface area contributed by atoms with Crippen LogP contribution < -0.4 is 10.1 Å². The van der Waals surface area contributed by atoms with E-state index in [-0.39, 0.29) is 0 Å². The highest BCUT2D eigenvalue weighted by molar-refractivity contribution is 5.27. The summed E-state index contributed by atoms with van der Waals surface area (Å²) in [6.45, 7) is 9.56. The highest BCUT2D eigenvalue weighted by atomic mass is 16.5. The van der Waals surface area contributed by atoms with Crippen LogP contribution in [0, 0.1) is 0 Å². The first-order valence-electron chi connectivity index (χ1n) is 6.64. The van der Waals surface area contributed by atoms with Crippen molar-refractivity contribution >= 4 is 0 Å². The van der Waals surface area contributed by atoms with Crippen LogP contribution in [0.4, 0.5) is 0 Å². The Morgan fingerprint density at radius 2 is 1.71 bits per heavy atom. The van der Waals surface area contributed by atoms with Crippen LogP contribution in [0.3, 0.4) is 0 Å². The van der Waals surface area contributed by atoms with E-state index >= 15 is 0 Å². The molecule has 1 aromatic carbocycles. The molecule has 0 saturated heterocycles. The van der Waals surface area contributed by atoms with Gasteiger partial charge in [0.15, 0.2) is 0 Å². The average molecular weight is 235 g/mol. The molecule has 0 aromatic heterocycles. The molecule has 1 rings (SSSR count). The largest absolute Gasteiger partial charge is 0.491 e. The number of benzene rings is 1. The van der Waals surface area contributed by atoms with Gasteiger partial charge in [-0.3, -0.25) is 0 Å². The van der Waals surface area contributed by atoms with Gasteiger partial charge in [-0.05, 0) is 44.4 Å². The minimum absolute atomic E-state index is 0.291. The predicted octanol–water partition coefficient (Wildman–Crippen LogP) is 3.75. The molecule has 2 nitrogen and oxygen atoms in total. The van der Waals surface area contributed by atoms with E-state index in [4.69, 9.17) is 4.74 Å². The standard InChI is InChI=1S/C15H25NO/c1-5-12(3)16-11-14-7-9-15(10-8-14)17-13(4)6-2/h7-10,12-13,16H,5-6,11H2,1-4H3/t12-,13-/m1/s1. The Balaban J connectivity index is 2.44. The minimum atomic E-state index is 0.291. The van der Waals surface area contributed by atoms with E-state index in [0.29, 0.717) is 12.1 Å². The van der Waals surface area contributed by atoms with E-state index in [2.05, 4.69) is 57.3 Å². The third-order valence-corrected chi connectivity index (χ3v) is 3.10. The summed E-state index contributed by atoms with van der Waals surface area (Å²) in [5.74, 6) is 0.964. The highest BCUT2D eigenvalue weighted by Crippen LogP contribution is 2.14. The van der Waals surface area contributed by atoms with Gasteiger partial charge in [0.25, 0.3) is 0 Å². The Labute approximate surface area is 105 Å². The summed E-state index contributed by atoms with van der Waals surface area (Å²) >= 11 is 0. The molecule has 96 valence electrons. The third-order valence-electron chi connectivity index (χ3n) is 3.10. The van der Waals surface area contributed by atoms with Gasteiger partial charge in [-0.15, -0.1) is 0 Å². The van der Waals surface area contributed by atoms with E-state index < -0.39 is 0 Å². The molecule has 0 radical (unpaired) electrons. The molecule has 0 unspecified atom stereocenters. The van der Waals surface area contributed by atoms with Crippen LogP contribution in [0.15, 0.2) is 24.3 Å². The lowest BCUT2D eigenvalue weighted by Crippen LogP contribution is -2.24. The van der Waals surface area contributed by atoms with Crippen molar-refractivity contribution in [3.05, 3.63) is 29.8 Å². The van der Waals surface area contributed by atoms with E-state index in [1.165, 1.54) is 5.56 Å². The number of hydrogen-bond acceptors (Lipinski definition) is 2. The maximum Gasteiger partial charge on any atom is 0.119 e. The fourth-order valence-electron chi connectivity index (χ4n) is 1.44. The van der Waals surface area contributed by atoms with Gasteiger partial charge in [-0.25, -0.2) is 0 Å². The quantitative estimate of drug-likeness (QED) is 0.777. The van der Waals surface area contributed by atoms with Gasteiger partial charge in [-0.2, -0.15) is 0 Å². The Morgan fingerprint density at radius 3 is 2.24 bits per heavy atom. The van der Waals surface area contributed by atoms with Crippen molar-refractivity contribution in [2.75, 3.05) is 0 Å². The van der Waals surface area contributed by atoms with E-state index in [0.717, 1.165) is 25.1 Å². The third kappa shape index (κ3) is 5.22. The zero-order valence-corrected chi connectivity index (χ0v) is 11.5. The molecule has 1 N–H and O–H groups in total. The number of hydrogen-bond donors (Lipinski definition) is 1. The maximum absolute atomic E-state index is 5.74. The molecule has 0 amide bonds. The van der Waals surface area contributed by atoms with Crippen molar-refractivity contribution < 1.29 is 4.74 Å². The smallest absolute Gasteiger partial charge is 0.119 e. The summed E-state index contributed by atoms with van der Waals surface area (Å²) in [6, 6.07) is 8.95. The summed E-state index contributed by atoms with van der Waals surface area (Å²) in [7, 11) is 0. The molecule has 2 atom stereocenters. The van der Waals surface area contributed by atoms with Crippen LogP contribution in [0.25, 0.3) is 0 Å². The SMILES string of the molecule is CC[C@@H](C)NCc1ccc(O[C@H](C)CC)cc1. The van der Waals surface area contributed by atoms with Crippen LogP contribution >= 0.6 is 0 Å². The summed E-state index contributed by atoms with van der Waals surface area (Å²) in [5.41, 5.74) is 1.31. The normalized spacial score (nSPS) is 14.4. The van der Waals surface area contributed by atoms with E-state index in [1.54, 1.807) is 0 Å². The van der Waals surface area contributed by atoms with Crippen LogP contribution in [0.5, 0.6) is 5.75 Å². The van der Waals surface area contributed by atoms with Crippen LogP contribution in [-0.4, -0.2) is 12.1 Å². The van der Waals surface area contributed by atoms with Crippen molar-refractivity contribution in [1.82, 2.24) is 5.32 Å². The lowest BCUT2D eigenvalue weighted by atomic mass is 10.2. The summed E-state index contributed by atoms with van der Waals surface area (Å²) in [4.78, 5) is 0. The monoisotopic (exact) mass is 235 g/mol. The van der Waals surface area contributed by atoms with Gasteiger partial charge in [0, 0.05) is 12.6 Å². The Morgan fingerprint density at radius 1 is 1.06 bits per heavy atom. The van der Waals surface area contributed by atoms with Gasteiger partial charge < -0.3 is 10.1 Å². The van der Waals surface area contributed by atoms with E-state index in [9.17, 15) is 0 Å². The molecular weight excluding hydrogens is 210 g/mol. The lowest BCUT2D eigenvalue weighted by molar-refractivity contribution is 0.217. The molecule has 0 aliphatic carbocycles. The summed E-state index contributed by atoms with van der Waals surface area (Å²) < 4.78 is 5.74. The summed E-state index contributed by atoms with van der Waals surface area (Å²) in [6.07, 6.45) is 2.49. The van der Waals surface area contributed by atoms with Gasteiger partial charge in [-0.1, -0.05) is 26.0 Å². The molecule has 0 fully saturated rings. The molecule has 0 aliphatic rings. The van der Waals surface area contributed by atoms with Crippen LogP contribution in [-0.2, 0) is 6.54 Å². The second kappa shape index (κ2) is 7.33. The fraction of sp³-hybridized carbons (Fsp3) is 0.600. The molecule has 0 aliphatic heterocycles. The molecule has 0 spiro atoms. The van der Waals surface area contributed by atoms with Gasteiger partial charge in [0.05, 0.1) is 6.10 Å². The average Bonchev–Trinajstić information content (AvgIpc) is 2.37. The molecule has 0 bridgehead atoms. The second-order valence-corrected chi connectivity index (χ2v) is 4.67. The first-order chi connectivity index (χ1) is 8.15. The van der Waals surface area contributed by atoms with E-state index in [1.807, 2.05) is 0 Å². The maximum atomic E-state index is 5.74.